The van der Waals surface area contributed by atoms with E-state index < -0.39 is 0 Å². The predicted octanol–water partition coefficient (Wildman–Crippen LogP) is 3.19. The third kappa shape index (κ3) is 2.98. The van der Waals surface area contributed by atoms with Crippen molar-refractivity contribution in [3.05, 3.63) is 35.9 Å². The van der Waals surface area contributed by atoms with E-state index in [0.29, 0.717) is 11.8 Å². The lowest BCUT2D eigenvalue weighted by Gasteiger charge is -2.29. The highest BCUT2D eigenvalue weighted by Crippen LogP contribution is 2.38. The highest BCUT2D eigenvalue weighted by Gasteiger charge is 2.42. The topological polar surface area (TPSA) is 32.3 Å². The summed E-state index contributed by atoms with van der Waals surface area (Å²) in [7, 11) is 0. The van der Waals surface area contributed by atoms with Crippen LogP contribution in [0.5, 0.6) is 0 Å². The van der Waals surface area contributed by atoms with Crippen LogP contribution in [-0.4, -0.2) is 23.5 Å². The van der Waals surface area contributed by atoms with Gasteiger partial charge in [0.05, 0.1) is 6.17 Å². The number of nitrogens with zero attached hydrogens (tertiary/aromatic N) is 1. The molecule has 2 fully saturated rings. The molecule has 1 heterocycles. The maximum atomic E-state index is 12.9. The first-order valence-corrected chi connectivity index (χ1v) is 8.19. The van der Waals surface area contributed by atoms with Crippen LogP contribution in [0.25, 0.3) is 0 Å². The van der Waals surface area contributed by atoms with Gasteiger partial charge in [0.2, 0.25) is 5.91 Å². The average Bonchev–Trinajstić information content (AvgIpc) is 3.27. The van der Waals surface area contributed by atoms with Gasteiger partial charge in [-0.1, -0.05) is 51.1 Å². The zero-order valence-corrected chi connectivity index (χ0v) is 13.3. The molecule has 1 amide bonds. The second-order valence-electron chi connectivity index (χ2n) is 7.00. The maximum Gasteiger partial charge on any atom is 0.245 e. The van der Waals surface area contributed by atoms with E-state index in [1.54, 1.807) is 0 Å². The monoisotopic (exact) mass is 286 g/mol. The van der Waals surface area contributed by atoms with Gasteiger partial charge in [0.1, 0.15) is 6.04 Å². The number of rotatable bonds is 5. The lowest BCUT2D eigenvalue weighted by atomic mass is 10.0. The zero-order valence-electron chi connectivity index (χ0n) is 13.3. The molecule has 0 bridgehead atoms. The van der Waals surface area contributed by atoms with Gasteiger partial charge in [-0.25, -0.2) is 0 Å². The van der Waals surface area contributed by atoms with Crippen molar-refractivity contribution >= 4 is 5.91 Å². The lowest BCUT2D eigenvalue weighted by Crippen LogP contribution is -2.43. The zero-order chi connectivity index (χ0) is 15.0. The molecule has 0 spiro atoms. The molecule has 1 aromatic rings. The van der Waals surface area contributed by atoms with E-state index in [9.17, 15) is 4.79 Å². The Morgan fingerprint density at radius 1 is 1.19 bits per heavy atom. The minimum absolute atomic E-state index is 0.156. The van der Waals surface area contributed by atoms with Crippen molar-refractivity contribution in [3.63, 3.8) is 0 Å². The molecular weight excluding hydrogens is 260 g/mol. The Morgan fingerprint density at radius 2 is 1.86 bits per heavy atom. The van der Waals surface area contributed by atoms with Crippen LogP contribution in [0.2, 0.25) is 0 Å². The summed E-state index contributed by atoms with van der Waals surface area (Å²) in [5.41, 5.74) is 1.08. The highest BCUT2D eigenvalue weighted by molar-refractivity contribution is 5.85. The summed E-state index contributed by atoms with van der Waals surface area (Å²) in [5, 5.41) is 3.55. The van der Waals surface area contributed by atoms with Gasteiger partial charge in [-0.2, -0.15) is 0 Å². The summed E-state index contributed by atoms with van der Waals surface area (Å²) in [6.45, 7) is 7.56. The van der Waals surface area contributed by atoms with Crippen molar-refractivity contribution in [1.82, 2.24) is 10.2 Å². The fourth-order valence-electron chi connectivity index (χ4n) is 3.40. The molecule has 3 atom stereocenters. The quantitative estimate of drug-likeness (QED) is 0.901. The maximum absolute atomic E-state index is 12.9. The Balaban J connectivity index is 1.78. The summed E-state index contributed by atoms with van der Waals surface area (Å²) in [6, 6.07) is 9.91. The molecule has 0 aromatic heterocycles. The van der Waals surface area contributed by atoms with Crippen LogP contribution in [0.15, 0.2) is 30.3 Å². The second kappa shape index (κ2) is 5.80. The third-order valence-corrected chi connectivity index (χ3v) is 4.88. The van der Waals surface area contributed by atoms with Gasteiger partial charge in [0, 0.05) is 6.54 Å². The van der Waals surface area contributed by atoms with Crippen molar-refractivity contribution in [2.75, 3.05) is 6.54 Å². The number of carbonyl (C=O) groups excluding carboxylic acids is 1. The minimum atomic E-state index is -0.176. The van der Waals surface area contributed by atoms with Gasteiger partial charge in [0.25, 0.3) is 0 Å². The van der Waals surface area contributed by atoms with Crippen molar-refractivity contribution in [2.24, 2.45) is 17.8 Å². The van der Waals surface area contributed by atoms with Gasteiger partial charge in [-0.05, 0) is 36.2 Å². The Morgan fingerprint density at radius 3 is 2.43 bits per heavy atom. The Hall–Kier alpha value is -1.35. The minimum Gasteiger partial charge on any atom is -0.325 e. The molecule has 114 valence electrons. The number of hydrogen-bond acceptors (Lipinski definition) is 2. The van der Waals surface area contributed by atoms with Gasteiger partial charge in [-0.15, -0.1) is 0 Å². The molecule has 1 aliphatic carbocycles. The van der Waals surface area contributed by atoms with E-state index in [0.717, 1.165) is 18.0 Å². The first-order chi connectivity index (χ1) is 10.1. The Labute approximate surface area is 127 Å². The molecular formula is C18H26N2O. The van der Waals surface area contributed by atoms with E-state index in [4.69, 9.17) is 0 Å². The van der Waals surface area contributed by atoms with Crippen LogP contribution >= 0.6 is 0 Å². The smallest absolute Gasteiger partial charge is 0.245 e. The van der Waals surface area contributed by atoms with E-state index in [-0.39, 0.29) is 18.1 Å². The molecule has 2 aliphatic rings. The average molecular weight is 286 g/mol. The summed E-state index contributed by atoms with van der Waals surface area (Å²) < 4.78 is 0. The van der Waals surface area contributed by atoms with E-state index >= 15 is 0 Å². The number of amides is 1. The fraction of sp³-hybridized carbons (Fsp3) is 0.611. The SMILES string of the molecule is CC(C)C1NC(c2ccccc2)C(=O)N1CC(C)C1CC1. The number of benzene rings is 1. The summed E-state index contributed by atoms with van der Waals surface area (Å²) in [6.07, 6.45) is 2.83. The first kappa shape index (κ1) is 14.6. The highest BCUT2D eigenvalue weighted by atomic mass is 16.2. The third-order valence-electron chi connectivity index (χ3n) is 4.88. The van der Waals surface area contributed by atoms with Crippen LogP contribution in [0, 0.1) is 17.8 Å². The standard InChI is InChI=1S/C18H26N2O/c1-12(2)17-19-16(15-7-5-4-6-8-15)18(21)20(17)11-13(3)14-9-10-14/h4-8,12-14,16-17,19H,9-11H2,1-3H3. The lowest BCUT2D eigenvalue weighted by molar-refractivity contribution is -0.131. The van der Waals surface area contributed by atoms with Crippen LogP contribution in [0.4, 0.5) is 0 Å². The van der Waals surface area contributed by atoms with Gasteiger partial charge in [-0.3, -0.25) is 10.1 Å². The van der Waals surface area contributed by atoms with Gasteiger partial charge < -0.3 is 4.90 Å². The van der Waals surface area contributed by atoms with Crippen molar-refractivity contribution in [3.8, 4) is 0 Å². The Bertz CT molecular complexity index is 495. The van der Waals surface area contributed by atoms with Crippen LogP contribution < -0.4 is 5.32 Å². The van der Waals surface area contributed by atoms with Crippen LogP contribution in [-0.2, 0) is 4.79 Å². The molecule has 3 nitrogen and oxygen atoms in total. The van der Waals surface area contributed by atoms with Gasteiger partial charge in [0.15, 0.2) is 0 Å². The van der Waals surface area contributed by atoms with E-state index in [1.165, 1.54) is 12.8 Å². The van der Waals surface area contributed by atoms with Crippen molar-refractivity contribution in [1.29, 1.82) is 0 Å². The Kier molecular flexibility index (Phi) is 4.03. The van der Waals surface area contributed by atoms with Crippen LogP contribution in [0.3, 0.4) is 0 Å². The summed E-state index contributed by atoms with van der Waals surface area (Å²) in [4.78, 5) is 15.0. The summed E-state index contributed by atoms with van der Waals surface area (Å²) >= 11 is 0. The molecule has 3 heteroatoms. The molecule has 1 aromatic carbocycles. The van der Waals surface area contributed by atoms with E-state index in [1.807, 2.05) is 30.3 Å². The molecule has 3 rings (SSSR count). The molecule has 1 saturated carbocycles. The normalized spacial score (nSPS) is 27.4. The fourth-order valence-corrected chi connectivity index (χ4v) is 3.40. The molecule has 0 radical (unpaired) electrons. The number of carbonyl (C=O) groups is 1. The van der Waals surface area contributed by atoms with Crippen molar-refractivity contribution in [2.45, 2.75) is 45.8 Å². The van der Waals surface area contributed by atoms with Crippen LogP contribution in [0.1, 0.15) is 45.2 Å². The molecule has 3 unspecified atom stereocenters. The number of nitrogens with one attached hydrogen (secondary N) is 1. The van der Waals surface area contributed by atoms with Crippen molar-refractivity contribution < 1.29 is 4.79 Å². The summed E-state index contributed by atoms with van der Waals surface area (Å²) in [5.74, 6) is 2.12. The largest absolute Gasteiger partial charge is 0.325 e. The molecule has 1 saturated heterocycles. The molecule has 1 N–H and O–H groups in total. The number of hydrogen-bond donors (Lipinski definition) is 1. The molecule has 1 aliphatic heterocycles. The van der Waals surface area contributed by atoms with E-state index in [2.05, 4.69) is 31.0 Å². The second-order valence-corrected chi connectivity index (χ2v) is 7.00. The van der Waals surface area contributed by atoms with Gasteiger partial charge >= 0.3 is 0 Å². The predicted molar refractivity (Wildman–Crippen MR) is 84.5 cm³/mol. The molecule has 21 heavy (non-hydrogen) atoms. The first-order valence-electron chi connectivity index (χ1n) is 8.19.